The first kappa shape index (κ1) is 30.1. The highest BCUT2D eigenvalue weighted by Crippen LogP contribution is 2.22. The van der Waals surface area contributed by atoms with E-state index in [0.717, 1.165) is 12.2 Å². The molecule has 0 rings (SSSR count). The summed E-state index contributed by atoms with van der Waals surface area (Å²) in [6, 6.07) is 0. The molecule has 0 unspecified atom stereocenters. The molecule has 0 aromatic carbocycles. The Kier molecular flexibility index (Phi) is 9.85. The number of ether oxygens (including phenoxy) is 2. The Morgan fingerprint density at radius 1 is 0.697 bits per heavy atom. The first-order valence-corrected chi connectivity index (χ1v) is 10.6. The Bertz CT molecular complexity index is 807. The van der Waals surface area contributed by atoms with Crippen molar-refractivity contribution < 1.29 is 33.4 Å². The maximum atomic E-state index is 12.6. The lowest BCUT2D eigenvalue weighted by molar-refractivity contribution is -0.165. The number of carbonyl (C=O) groups is 5. The highest BCUT2D eigenvalue weighted by atomic mass is 16.6. The van der Waals surface area contributed by atoms with Gasteiger partial charge in [0, 0.05) is 12.2 Å². The second kappa shape index (κ2) is 10.8. The molecule has 0 saturated carbocycles. The molecule has 0 aliphatic heterocycles. The van der Waals surface area contributed by atoms with Gasteiger partial charge in [-0.05, 0) is 61.3 Å². The van der Waals surface area contributed by atoms with Crippen LogP contribution in [0.5, 0.6) is 0 Å². The zero-order chi connectivity index (χ0) is 26.4. The summed E-state index contributed by atoms with van der Waals surface area (Å²) < 4.78 is 10.1. The summed E-state index contributed by atoms with van der Waals surface area (Å²) >= 11 is 0. The third kappa shape index (κ3) is 9.23. The summed E-state index contributed by atoms with van der Waals surface area (Å²) in [5.41, 5.74) is -4.75. The Hall–Kier alpha value is -2.91. The lowest BCUT2D eigenvalue weighted by Crippen LogP contribution is -2.61. The number of amides is 3. The summed E-state index contributed by atoms with van der Waals surface area (Å²) in [6.45, 7) is 16.1. The molecule has 0 fully saturated rings. The average molecular weight is 470 g/mol. The van der Waals surface area contributed by atoms with Crippen molar-refractivity contribution in [2.75, 3.05) is 7.11 Å². The minimum absolute atomic E-state index is 0.292. The van der Waals surface area contributed by atoms with Crippen molar-refractivity contribution in [3.63, 3.8) is 0 Å². The molecule has 0 heterocycles. The number of esters is 2. The highest BCUT2D eigenvalue weighted by Gasteiger charge is 2.41. The molecular weight excluding hydrogens is 430 g/mol. The molecule has 10 nitrogen and oxygen atoms in total. The van der Waals surface area contributed by atoms with Crippen LogP contribution in [0.2, 0.25) is 0 Å². The van der Waals surface area contributed by atoms with Gasteiger partial charge >= 0.3 is 11.9 Å². The summed E-state index contributed by atoms with van der Waals surface area (Å²) in [5.74, 6) is -3.55. The third-order valence-corrected chi connectivity index (χ3v) is 4.87. The molecule has 1 atom stereocenters. The average Bonchev–Trinajstić information content (AvgIpc) is 2.63. The lowest BCUT2D eigenvalue weighted by atomic mass is 9.88. The number of hydrogen-bond acceptors (Lipinski definition) is 7. The number of hydrogen-bond donors (Lipinski definition) is 3. The molecule has 0 aliphatic carbocycles. The second-order valence-electron chi connectivity index (χ2n) is 10.4. The normalized spacial score (nSPS) is 14.3. The van der Waals surface area contributed by atoms with Crippen molar-refractivity contribution in [1.29, 1.82) is 0 Å². The highest BCUT2D eigenvalue weighted by molar-refractivity contribution is 6.01. The molecule has 0 bridgehead atoms. The third-order valence-electron chi connectivity index (χ3n) is 4.87. The van der Waals surface area contributed by atoms with Crippen LogP contribution in [0.15, 0.2) is 12.2 Å². The zero-order valence-electron chi connectivity index (χ0n) is 21.6. The van der Waals surface area contributed by atoms with E-state index in [-0.39, 0.29) is 5.92 Å². The van der Waals surface area contributed by atoms with E-state index >= 15 is 0 Å². The van der Waals surface area contributed by atoms with E-state index in [0.29, 0.717) is 0 Å². The monoisotopic (exact) mass is 469 g/mol. The first-order chi connectivity index (χ1) is 14.7. The zero-order valence-corrected chi connectivity index (χ0v) is 21.6. The number of nitrogens with one attached hydrogen (secondary N) is 3. The number of methoxy groups -OCH3 is 1. The maximum absolute atomic E-state index is 12.6. The van der Waals surface area contributed by atoms with Gasteiger partial charge < -0.3 is 25.4 Å². The molecule has 0 spiro atoms. The van der Waals surface area contributed by atoms with Gasteiger partial charge in [0.1, 0.15) is 22.2 Å². The minimum atomic E-state index is -1.40. The maximum Gasteiger partial charge on any atom is 0.332 e. The van der Waals surface area contributed by atoms with Crippen LogP contribution in [0.25, 0.3) is 0 Å². The fourth-order valence-corrected chi connectivity index (χ4v) is 2.42. The Morgan fingerprint density at radius 3 is 1.55 bits per heavy atom. The van der Waals surface area contributed by atoms with Crippen LogP contribution in [-0.4, -0.2) is 59.0 Å². The van der Waals surface area contributed by atoms with Gasteiger partial charge in [-0.15, -0.1) is 0 Å². The Morgan fingerprint density at radius 2 is 1.15 bits per heavy atom. The largest absolute Gasteiger partial charge is 0.467 e. The van der Waals surface area contributed by atoms with E-state index in [1.807, 2.05) is 0 Å². The molecule has 0 saturated heterocycles. The fraction of sp³-hybridized carbons (Fsp3) is 0.696. The molecule has 0 aromatic rings. The van der Waals surface area contributed by atoms with Gasteiger partial charge in [-0.3, -0.25) is 14.4 Å². The van der Waals surface area contributed by atoms with Crippen LogP contribution in [0.3, 0.4) is 0 Å². The van der Waals surface area contributed by atoms with Crippen molar-refractivity contribution in [1.82, 2.24) is 16.0 Å². The molecular formula is C23H39N3O7. The van der Waals surface area contributed by atoms with Crippen LogP contribution >= 0.6 is 0 Å². The van der Waals surface area contributed by atoms with E-state index in [2.05, 4.69) is 20.7 Å². The Labute approximate surface area is 196 Å². The molecule has 10 heteroatoms. The van der Waals surface area contributed by atoms with Gasteiger partial charge in [-0.1, -0.05) is 13.8 Å². The summed E-state index contributed by atoms with van der Waals surface area (Å²) in [4.78, 5) is 61.7. The molecule has 0 aliphatic rings. The van der Waals surface area contributed by atoms with Crippen molar-refractivity contribution in [2.45, 2.75) is 91.5 Å². The SMILES string of the molecule is COC(=O)C(C)(C)NC(=O)C(C)(C)NC(=O)/C=C\C(=O)N[C@](C)(C(=O)OC(C)(C)C)C(C)C. The Balaban J connectivity index is 5.25. The fourth-order valence-electron chi connectivity index (χ4n) is 2.42. The van der Waals surface area contributed by atoms with Crippen molar-refractivity contribution in [3.05, 3.63) is 12.2 Å². The van der Waals surface area contributed by atoms with Gasteiger partial charge in [-0.25, -0.2) is 9.59 Å². The van der Waals surface area contributed by atoms with E-state index in [1.54, 1.807) is 41.5 Å². The van der Waals surface area contributed by atoms with E-state index in [9.17, 15) is 24.0 Å². The smallest absolute Gasteiger partial charge is 0.332 e. The predicted molar refractivity (Wildman–Crippen MR) is 123 cm³/mol. The van der Waals surface area contributed by atoms with Gasteiger partial charge in [0.2, 0.25) is 17.7 Å². The van der Waals surface area contributed by atoms with Crippen molar-refractivity contribution in [3.8, 4) is 0 Å². The van der Waals surface area contributed by atoms with E-state index < -0.39 is 51.9 Å². The van der Waals surface area contributed by atoms with E-state index in [4.69, 9.17) is 4.74 Å². The van der Waals surface area contributed by atoms with Crippen molar-refractivity contribution in [2.24, 2.45) is 5.92 Å². The molecule has 3 amide bonds. The topological polar surface area (TPSA) is 140 Å². The van der Waals surface area contributed by atoms with Crippen molar-refractivity contribution >= 4 is 29.7 Å². The summed E-state index contributed by atoms with van der Waals surface area (Å²) in [6.07, 6.45) is 1.92. The van der Waals surface area contributed by atoms with Gasteiger partial charge in [-0.2, -0.15) is 0 Å². The van der Waals surface area contributed by atoms with Gasteiger partial charge in [0.05, 0.1) is 7.11 Å². The van der Waals surface area contributed by atoms with Gasteiger partial charge in [0.15, 0.2) is 0 Å². The quantitative estimate of drug-likeness (QED) is 0.342. The second-order valence-corrected chi connectivity index (χ2v) is 10.4. The molecule has 0 radical (unpaired) electrons. The van der Waals surface area contributed by atoms with Crippen LogP contribution in [0.4, 0.5) is 0 Å². The predicted octanol–water partition coefficient (Wildman–Crippen LogP) is 1.38. The summed E-state index contributed by atoms with van der Waals surface area (Å²) in [5, 5.41) is 7.57. The van der Waals surface area contributed by atoms with Gasteiger partial charge in [0.25, 0.3) is 0 Å². The van der Waals surface area contributed by atoms with Crippen LogP contribution in [0, 0.1) is 5.92 Å². The van der Waals surface area contributed by atoms with E-state index in [1.165, 1.54) is 34.8 Å². The molecule has 3 N–H and O–H groups in total. The lowest BCUT2D eigenvalue weighted by Gasteiger charge is -2.34. The van der Waals surface area contributed by atoms with Crippen LogP contribution in [-0.2, 0) is 33.4 Å². The first-order valence-electron chi connectivity index (χ1n) is 10.6. The molecule has 33 heavy (non-hydrogen) atoms. The molecule has 188 valence electrons. The summed E-state index contributed by atoms with van der Waals surface area (Å²) in [7, 11) is 1.20. The van der Waals surface area contributed by atoms with Crippen LogP contribution < -0.4 is 16.0 Å². The van der Waals surface area contributed by atoms with Crippen LogP contribution in [0.1, 0.15) is 69.2 Å². The minimum Gasteiger partial charge on any atom is -0.467 e. The standard InChI is InChI=1S/C23H39N3O7/c1-14(2)23(10,19(31)33-20(3,4)5)25-16(28)13-12-15(27)24-21(6,7)17(29)26-22(8,9)18(30)32-11/h12-14H,1-11H3,(H,24,27)(H,25,28)(H,26,29)/b13-12-/t23-/m0/s1. The number of carbonyl (C=O) groups excluding carboxylic acids is 5. The molecule has 0 aromatic heterocycles. The number of rotatable bonds is 9.